The molecule has 0 aliphatic heterocycles. The number of anilines is 1. The number of Topliss-reactive ketones (excluding diaryl/α,β-unsaturated/α-hetero) is 1. The third kappa shape index (κ3) is 3.41. The molecule has 1 aliphatic carbocycles. The Morgan fingerprint density at radius 3 is 2.67 bits per heavy atom. The Labute approximate surface area is 146 Å². The predicted octanol–water partition coefficient (Wildman–Crippen LogP) is 4.43. The number of carbonyl (C=O) groups is 2. The Morgan fingerprint density at radius 2 is 2.00 bits per heavy atom. The van der Waals surface area contributed by atoms with E-state index in [0.29, 0.717) is 22.9 Å². The van der Waals surface area contributed by atoms with Gasteiger partial charge >= 0.3 is 0 Å². The number of carbonyl (C=O) groups excluding carboxylic acids is 2. The summed E-state index contributed by atoms with van der Waals surface area (Å²) < 4.78 is 0. The van der Waals surface area contributed by atoms with Crippen molar-refractivity contribution in [1.29, 1.82) is 0 Å². The minimum Gasteiger partial charge on any atom is -0.301 e. The Morgan fingerprint density at radius 1 is 1.29 bits per heavy atom. The van der Waals surface area contributed by atoms with Crippen LogP contribution < -0.4 is 5.32 Å². The van der Waals surface area contributed by atoms with Crippen molar-refractivity contribution in [3.05, 3.63) is 46.5 Å². The fraction of sp³-hybridized carbons (Fsp3) is 0.421. The maximum Gasteiger partial charge on any atom is 0.233 e. The van der Waals surface area contributed by atoms with Gasteiger partial charge in [-0.3, -0.25) is 9.59 Å². The van der Waals surface area contributed by atoms with Crippen LogP contribution in [-0.2, 0) is 11.2 Å². The highest BCUT2D eigenvalue weighted by atomic mass is 32.1. The third-order valence-electron chi connectivity index (χ3n) is 4.39. The minimum atomic E-state index is -0.209. The van der Waals surface area contributed by atoms with Gasteiger partial charge in [-0.2, -0.15) is 0 Å². The number of rotatable bonds is 4. The van der Waals surface area contributed by atoms with Gasteiger partial charge in [0, 0.05) is 6.42 Å². The van der Waals surface area contributed by atoms with Crippen LogP contribution in [0, 0.1) is 5.41 Å². The number of fused-ring (bicyclic) bond motifs is 1. The first-order chi connectivity index (χ1) is 11.4. The summed E-state index contributed by atoms with van der Waals surface area (Å²) in [4.78, 5) is 30.1. The Kier molecular flexibility index (Phi) is 4.54. The fourth-order valence-corrected chi connectivity index (χ4v) is 4.15. The minimum absolute atomic E-state index is 0.0601. The zero-order valence-electron chi connectivity index (χ0n) is 14.3. The van der Waals surface area contributed by atoms with Crippen molar-refractivity contribution < 1.29 is 9.59 Å². The zero-order valence-corrected chi connectivity index (χ0v) is 15.1. The summed E-state index contributed by atoms with van der Waals surface area (Å²) in [5.41, 5.74) is 1.76. The van der Waals surface area contributed by atoms with E-state index in [1.165, 1.54) is 11.3 Å². The lowest BCUT2D eigenvalue weighted by Crippen LogP contribution is -2.26. The molecule has 1 aromatic carbocycles. The molecule has 3 rings (SSSR count). The van der Waals surface area contributed by atoms with Gasteiger partial charge in [-0.25, -0.2) is 4.98 Å². The molecule has 4 nitrogen and oxygen atoms in total. The van der Waals surface area contributed by atoms with E-state index in [9.17, 15) is 9.59 Å². The van der Waals surface area contributed by atoms with Crippen LogP contribution >= 0.6 is 11.3 Å². The number of aromatic nitrogens is 1. The monoisotopic (exact) mass is 342 g/mol. The number of nitrogens with zero attached hydrogens (tertiary/aromatic N) is 1. The molecule has 1 amide bonds. The van der Waals surface area contributed by atoms with Gasteiger partial charge in [0.2, 0.25) is 5.91 Å². The molecule has 2 aromatic rings. The summed E-state index contributed by atoms with van der Waals surface area (Å²) in [5, 5.41) is 3.45. The number of hydrogen-bond acceptors (Lipinski definition) is 4. The molecule has 0 radical (unpaired) electrons. The summed E-state index contributed by atoms with van der Waals surface area (Å²) in [6, 6.07) is 9.75. The van der Waals surface area contributed by atoms with Gasteiger partial charge in [0.25, 0.3) is 0 Å². The Balaban J connectivity index is 1.79. The van der Waals surface area contributed by atoms with Gasteiger partial charge < -0.3 is 5.32 Å². The van der Waals surface area contributed by atoms with Gasteiger partial charge in [-0.05, 0) is 23.8 Å². The zero-order chi connectivity index (χ0) is 17.3. The second-order valence-electron chi connectivity index (χ2n) is 7.10. The standard InChI is InChI=1S/C19H22N2O2S/c1-4-13(12-8-6-5-7-9-12)17(23)21-18-20-14-10-19(2,3)11-15(22)16(14)24-18/h5-9,13H,4,10-11H2,1-3H3,(H,20,21,23)/t13-/m0/s1. The van der Waals surface area contributed by atoms with Crippen molar-refractivity contribution >= 4 is 28.2 Å². The number of thiazole rings is 1. The molecule has 126 valence electrons. The van der Waals surface area contributed by atoms with E-state index in [4.69, 9.17) is 0 Å². The van der Waals surface area contributed by atoms with E-state index in [2.05, 4.69) is 24.1 Å². The molecule has 5 heteroatoms. The van der Waals surface area contributed by atoms with Crippen LogP contribution in [0.2, 0.25) is 0 Å². The molecule has 24 heavy (non-hydrogen) atoms. The first-order valence-corrected chi connectivity index (χ1v) is 9.10. The van der Waals surface area contributed by atoms with E-state index in [1.54, 1.807) is 0 Å². The second kappa shape index (κ2) is 6.48. The smallest absolute Gasteiger partial charge is 0.233 e. The van der Waals surface area contributed by atoms with Crippen LogP contribution in [-0.4, -0.2) is 16.7 Å². The highest BCUT2D eigenvalue weighted by Crippen LogP contribution is 2.38. The summed E-state index contributed by atoms with van der Waals surface area (Å²) in [7, 11) is 0. The summed E-state index contributed by atoms with van der Waals surface area (Å²) in [6.45, 7) is 6.15. The molecular formula is C19H22N2O2S. The molecule has 0 spiro atoms. The van der Waals surface area contributed by atoms with Crippen LogP contribution in [0.15, 0.2) is 30.3 Å². The average molecular weight is 342 g/mol. The molecule has 0 fully saturated rings. The SMILES string of the molecule is CC[C@H](C(=O)Nc1nc2c(s1)C(=O)CC(C)(C)C2)c1ccccc1. The molecule has 0 saturated heterocycles. The quantitative estimate of drug-likeness (QED) is 0.894. The van der Waals surface area contributed by atoms with Gasteiger partial charge in [0.05, 0.1) is 16.5 Å². The summed E-state index contributed by atoms with van der Waals surface area (Å²) >= 11 is 1.30. The first kappa shape index (κ1) is 16.8. The Bertz CT molecular complexity index is 765. The van der Waals surface area contributed by atoms with Gasteiger partial charge in [0.15, 0.2) is 10.9 Å². The molecule has 1 N–H and O–H groups in total. The molecule has 1 atom stereocenters. The number of ketones is 1. The normalized spacial score (nSPS) is 17.2. The maximum atomic E-state index is 12.6. The van der Waals surface area contributed by atoms with Crippen LogP contribution in [0.5, 0.6) is 0 Å². The number of amides is 1. The van der Waals surface area contributed by atoms with E-state index < -0.39 is 0 Å². The number of benzene rings is 1. The molecule has 0 unspecified atom stereocenters. The van der Waals surface area contributed by atoms with Crippen molar-refractivity contribution in [2.45, 2.75) is 46.0 Å². The first-order valence-electron chi connectivity index (χ1n) is 8.28. The molecule has 1 aliphatic rings. The topological polar surface area (TPSA) is 59.1 Å². The maximum absolute atomic E-state index is 12.6. The van der Waals surface area contributed by atoms with E-state index in [-0.39, 0.29) is 23.0 Å². The van der Waals surface area contributed by atoms with E-state index >= 15 is 0 Å². The number of hydrogen-bond donors (Lipinski definition) is 1. The second-order valence-corrected chi connectivity index (χ2v) is 8.10. The van der Waals surface area contributed by atoms with Crippen molar-refractivity contribution in [3.8, 4) is 0 Å². The highest BCUT2D eigenvalue weighted by molar-refractivity contribution is 7.17. The molecule has 1 aromatic heterocycles. The van der Waals surface area contributed by atoms with E-state index in [1.807, 2.05) is 37.3 Å². The lowest BCUT2D eigenvalue weighted by atomic mass is 9.78. The molecule has 0 bridgehead atoms. The van der Waals surface area contributed by atoms with Crippen molar-refractivity contribution in [2.75, 3.05) is 5.32 Å². The van der Waals surface area contributed by atoms with Crippen LogP contribution in [0.4, 0.5) is 5.13 Å². The van der Waals surface area contributed by atoms with Gasteiger partial charge in [-0.15, -0.1) is 0 Å². The third-order valence-corrected chi connectivity index (χ3v) is 5.45. The lowest BCUT2D eigenvalue weighted by molar-refractivity contribution is -0.117. The van der Waals surface area contributed by atoms with Crippen LogP contribution in [0.1, 0.15) is 60.5 Å². The molecule has 0 saturated carbocycles. The van der Waals surface area contributed by atoms with Crippen LogP contribution in [0.25, 0.3) is 0 Å². The average Bonchev–Trinajstić information content (AvgIpc) is 2.90. The molecular weight excluding hydrogens is 320 g/mol. The predicted molar refractivity (Wildman–Crippen MR) is 96.7 cm³/mol. The fourth-order valence-electron chi connectivity index (χ4n) is 3.22. The largest absolute Gasteiger partial charge is 0.301 e. The summed E-state index contributed by atoms with van der Waals surface area (Å²) in [5.74, 6) is -0.143. The van der Waals surface area contributed by atoms with Gasteiger partial charge in [-0.1, -0.05) is 62.4 Å². The lowest BCUT2D eigenvalue weighted by Gasteiger charge is -2.26. The number of nitrogens with one attached hydrogen (secondary N) is 1. The molecule has 1 heterocycles. The van der Waals surface area contributed by atoms with Crippen molar-refractivity contribution in [2.24, 2.45) is 5.41 Å². The Hall–Kier alpha value is -2.01. The van der Waals surface area contributed by atoms with Crippen molar-refractivity contribution in [1.82, 2.24) is 4.98 Å². The van der Waals surface area contributed by atoms with Crippen LogP contribution in [0.3, 0.4) is 0 Å². The summed E-state index contributed by atoms with van der Waals surface area (Å²) in [6.07, 6.45) is 2.03. The van der Waals surface area contributed by atoms with E-state index in [0.717, 1.165) is 17.7 Å². The van der Waals surface area contributed by atoms with Gasteiger partial charge in [0.1, 0.15) is 0 Å². The van der Waals surface area contributed by atoms with Crippen molar-refractivity contribution in [3.63, 3.8) is 0 Å². The highest BCUT2D eigenvalue weighted by Gasteiger charge is 2.34.